The molecule has 7 heteroatoms. The van der Waals surface area contributed by atoms with E-state index in [0.29, 0.717) is 6.54 Å². The number of hydrogen-bond acceptors (Lipinski definition) is 4. The molecule has 0 aliphatic heterocycles. The molecule has 1 aromatic heterocycles. The molecule has 114 valence electrons. The first-order valence-electron chi connectivity index (χ1n) is 6.23. The molecular formula is C14H15F3N2OS. The molecule has 2 N–H and O–H groups in total. The zero-order valence-corrected chi connectivity index (χ0v) is 12.4. The molecule has 0 aliphatic rings. The van der Waals surface area contributed by atoms with Crippen LogP contribution in [-0.2, 0) is 5.41 Å². The van der Waals surface area contributed by atoms with E-state index in [-0.39, 0.29) is 11.2 Å². The molecule has 0 saturated carbocycles. The highest BCUT2D eigenvalue weighted by Gasteiger charge is 2.31. The summed E-state index contributed by atoms with van der Waals surface area (Å²) in [4.78, 5) is 4.50. The van der Waals surface area contributed by atoms with E-state index in [1.54, 1.807) is 12.1 Å². The van der Waals surface area contributed by atoms with Gasteiger partial charge >= 0.3 is 6.36 Å². The molecule has 0 bridgehead atoms. The van der Waals surface area contributed by atoms with Crippen LogP contribution in [-0.4, -0.2) is 17.9 Å². The molecule has 0 fully saturated rings. The standard InChI is InChI=1S/C14H15F3N2OS/c1-13(2,8-18)12-19-11(7-21-12)9-3-5-10(6-4-9)20-14(15,16)17/h3-7H,8,18H2,1-2H3. The van der Waals surface area contributed by atoms with Gasteiger partial charge in [0.2, 0.25) is 0 Å². The van der Waals surface area contributed by atoms with Crippen LogP contribution in [0.4, 0.5) is 13.2 Å². The van der Waals surface area contributed by atoms with Crippen LogP contribution >= 0.6 is 11.3 Å². The van der Waals surface area contributed by atoms with E-state index in [4.69, 9.17) is 5.73 Å². The maximum atomic E-state index is 12.1. The zero-order chi connectivity index (χ0) is 15.7. The van der Waals surface area contributed by atoms with Crippen molar-refractivity contribution >= 4 is 11.3 Å². The van der Waals surface area contributed by atoms with Gasteiger partial charge in [-0.3, -0.25) is 0 Å². The molecule has 0 spiro atoms. The summed E-state index contributed by atoms with van der Waals surface area (Å²) in [5, 5.41) is 2.77. The molecule has 2 rings (SSSR count). The summed E-state index contributed by atoms with van der Waals surface area (Å²) in [6.45, 7) is 4.46. The number of benzene rings is 1. The van der Waals surface area contributed by atoms with Crippen LogP contribution in [0, 0.1) is 0 Å². The molecule has 0 saturated heterocycles. The number of alkyl halides is 3. The normalized spacial score (nSPS) is 12.5. The Bertz CT molecular complexity index is 605. The van der Waals surface area contributed by atoms with Gasteiger partial charge in [0, 0.05) is 22.9 Å². The Kier molecular flexibility index (Phi) is 4.25. The smallest absolute Gasteiger partial charge is 0.406 e. The van der Waals surface area contributed by atoms with Crippen molar-refractivity contribution in [2.24, 2.45) is 5.73 Å². The summed E-state index contributed by atoms with van der Waals surface area (Å²) in [6.07, 6.45) is -4.68. The van der Waals surface area contributed by atoms with E-state index >= 15 is 0 Å². The lowest BCUT2D eigenvalue weighted by molar-refractivity contribution is -0.274. The van der Waals surface area contributed by atoms with Crippen molar-refractivity contribution in [3.8, 4) is 17.0 Å². The van der Waals surface area contributed by atoms with Gasteiger partial charge in [-0.1, -0.05) is 13.8 Å². The van der Waals surface area contributed by atoms with E-state index in [0.717, 1.165) is 16.3 Å². The number of nitrogens with two attached hydrogens (primary N) is 1. The Morgan fingerprint density at radius 3 is 2.33 bits per heavy atom. The van der Waals surface area contributed by atoms with E-state index in [1.807, 2.05) is 19.2 Å². The number of aromatic nitrogens is 1. The number of rotatable bonds is 4. The van der Waals surface area contributed by atoms with Gasteiger partial charge in [-0.05, 0) is 24.3 Å². The lowest BCUT2D eigenvalue weighted by atomic mass is 9.95. The van der Waals surface area contributed by atoms with Crippen LogP contribution < -0.4 is 10.5 Å². The van der Waals surface area contributed by atoms with Gasteiger partial charge in [0.1, 0.15) is 10.8 Å². The molecule has 0 amide bonds. The average molecular weight is 316 g/mol. The second-order valence-corrected chi connectivity index (χ2v) is 6.06. The first-order valence-corrected chi connectivity index (χ1v) is 7.11. The van der Waals surface area contributed by atoms with Crippen molar-refractivity contribution in [3.63, 3.8) is 0 Å². The monoisotopic (exact) mass is 316 g/mol. The van der Waals surface area contributed by atoms with Gasteiger partial charge in [0.25, 0.3) is 0 Å². The highest BCUT2D eigenvalue weighted by atomic mass is 32.1. The summed E-state index contributed by atoms with van der Waals surface area (Å²) in [5.74, 6) is -0.246. The van der Waals surface area contributed by atoms with Gasteiger partial charge in [0.05, 0.1) is 5.69 Å². The third-order valence-corrected chi connectivity index (χ3v) is 4.19. The number of thiazole rings is 1. The molecule has 21 heavy (non-hydrogen) atoms. The molecule has 1 heterocycles. The van der Waals surface area contributed by atoms with E-state index in [9.17, 15) is 13.2 Å². The van der Waals surface area contributed by atoms with Gasteiger partial charge in [-0.25, -0.2) is 4.98 Å². The zero-order valence-electron chi connectivity index (χ0n) is 11.6. The van der Waals surface area contributed by atoms with Gasteiger partial charge in [0.15, 0.2) is 0 Å². The quantitative estimate of drug-likeness (QED) is 0.929. The summed E-state index contributed by atoms with van der Waals surface area (Å²) < 4.78 is 40.1. The summed E-state index contributed by atoms with van der Waals surface area (Å²) in [5.41, 5.74) is 6.94. The minimum atomic E-state index is -4.68. The SMILES string of the molecule is CC(C)(CN)c1nc(-c2ccc(OC(F)(F)F)cc2)cs1. The predicted octanol–water partition coefficient (Wildman–Crippen LogP) is 3.95. The van der Waals surface area contributed by atoms with Crippen LogP contribution in [0.3, 0.4) is 0 Å². The molecule has 0 atom stereocenters. The lowest BCUT2D eigenvalue weighted by Crippen LogP contribution is -2.27. The van der Waals surface area contributed by atoms with Crippen molar-refractivity contribution < 1.29 is 17.9 Å². The van der Waals surface area contributed by atoms with Gasteiger partial charge in [-0.2, -0.15) is 0 Å². The molecule has 3 nitrogen and oxygen atoms in total. The Balaban J connectivity index is 2.20. The van der Waals surface area contributed by atoms with Crippen molar-refractivity contribution in [2.45, 2.75) is 25.6 Å². The topological polar surface area (TPSA) is 48.1 Å². The molecule has 2 aromatic rings. The number of nitrogens with zero attached hydrogens (tertiary/aromatic N) is 1. The number of hydrogen-bond donors (Lipinski definition) is 1. The largest absolute Gasteiger partial charge is 0.573 e. The lowest BCUT2D eigenvalue weighted by Gasteiger charge is -2.18. The fourth-order valence-electron chi connectivity index (χ4n) is 1.63. The molecule has 1 aromatic carbocycles. The summed E-state index contributed by atoms with van der Waals surface area (Å²) in [6, 6.07) is 5.65. The molecular weight excluding hydrogens is 301 g/mol. The Labute approximate surface area is 124 Å². The van der Waals surface area contributed by atoms with Crippen LogP contribution in [0.25, 0.3) is 11.3 Å². The number of halogens is 3. The molecule has 0 unspecified atom stereocenters. The highest BCUT2D eigenvalue weighted by molar-refractivity contribution is 7.10. The first kappa shape index (κ1) is 15.8. The Morgan fingerprint density at radius 1 is 1.19 bits per heavy atom. The minimum Gasteiger partial charge on any atom is -0.406 e. The fraction of sp³-hybridized carbons (Fsp3) is 0.357. The van der Waals surface area contributed by atoms with Crippen molar-refractivity contribution in [2.75, 3.05) is 6.54 Å². The highest BCUT2D eigenvalue weighted by Crippen LogP contribution is 2.31. The van der Waals surface area contributed by atoms with E-state index in [1.165, 1.54) is 23.5 Å². The first-order chi connectivity index (χ1) is 9.71. The van der Waals surface area contributed by atoms with Crippen molar-refractivity contribution in [1.29, 1.82) is 0 Å². The Morgan fingerprint density at radius 2 is 1.81 bits per heavy atom. The van der Waals surface area contributed by atoms with Crippen molar-refractivity contribution in [1.82, 2.24) is 4.98 Å². The molecule has 0 aliphatic carbocycles. The fourth-order valence-corrected chi connectivity index (χ4v) is 2.60. The van der Waals surface area contributed by atoms with E-state index < -0.39 is 6.36 Å². The summed E-state index contributed by atoms with van der Waals surface area (Å²) in [7, 11) is 0. The number of ether oxygens (including phenoxy) is 1. The van der Waals surface area contributed by atoms with Crippen LogP contribution in [0.15, 0.2) is 29.6 Å². The average Bonchev–Trinajstić information content (AvgIpc) is 2.88. The predicted molar refractivity (Wildman–Crippen MR) is 76.3 cm³/mol. The minimum absolute atomic E-state index is 0.220. The third-order valence-electron chi connectivity index (χ3n) is 2.98. The van der Waals surface area contributed by atoms with Gasteiger partial charge < -0.3 is 10.5 Å². The van der Waals surface area contributed by atoms with Gasteiger partial charge in [-0.15, -0.1) is 24.5 Å². The van der Waals surface area contributed by atoms with E-state index in [2.05, 4.69) is 9.72 Å². The van der Waals surface area contributed by atoms with Crippen LogP contribution in [0.1, 0.15) is 18.9 Å². The Hall–Kier alpha value is -1.60. The van der Waals surface area contributed by atoms with Crippen molar-refractivity contribution in [3.05, 3.63) is 34.7 Å². The maximum absolute atomic E-state index is 12.1. The second-order valence-electron chi connectivity index (χ2n) is 5.20. The van der Waals surface area contributed by atoms with Crippen LogP contribution in [0.2, 0.25) is 0 Å². The summed E-state index contributed by atoms with van der Waals surface area (Å²) >= 11 is 1.49. The third kappa shape index (κ3) is 3.95. The second kappa shape index (κ2) is 5.65. The molecule has 0 radical (unpaired) electrons. The maximum Gasteiger partial charge on any atom is 0.573 e. The van der Waals surface area contributed by atoms with Crippen LogP contribution in [0.5, 0.6) is 5.75 Å².